The molecule has 0 atom stereocenters. The lowest BCUT2D eigenvalue weighted by Gasteiger charge is -2.18. The fraction of sp³-hybridized carbons (Fsp3) is 0.500. The number of aromatic nitrogens is 1. The Labute approximate surface area is 122 Å². The Hall–Kier alpha value is -1.57. The monoisotopic (exact) mass is 270 g/mol. The molecule has 0 fully saturated rings. The van der Waals surface area contributed by atoms with Crippen LogP contribution >= 0.6 is 0 Å². The molecule has 0 unspecified atom stereocenters. The molecule has 0 aliphatic carbocycles. The second kappa shape index (κ2) is 6.25. The molecule has 108 valence electrons. The maximum Gasteiger partial charge on any atom is 0.0760 e. The van der Waals surface area contributed by atoms with Crippen molar-refractivity contribution in [3.63, 3.8) is 0 Å². The molecule has 0 aliphatic rings. The molecule has 2 rings (SSSR count). The van der Waals surface area contributed by atoms with Crippen LogP contribution in [0.2, 0.25) is 0 Å². The fourth-order valence-corrected chi connectivity index (χ4v) is 2.74. The molecular weight excluding hydrogens is 244 g/mol. The summed E-state index contributed by atoms with van der Waals surface area (Å²) < 4.78 is 0. The average Bonchev–Trinajstić information content (AvgIpc) is 2.45. The molecule has 0 saturated heterocycles. The zero-order valence-electron chi connectivity index (χ0n) is 13.4. The van der Waals surface area contributed by atoms with Crippen molar-refractivity contribution in [1.82, 2.24) is 4.98 Å². The van der Waals surface area contributed by atoms with Crippen molar-refractivity contribution in [2.24, 2.45) is 0 Å². The number of nitrogens with zero attached hydrogens (tertiary/aromatic N) is 1. The van der Waals surface area contributed by atoms with Crippen molar-refractivity contribution in [2.75, 3.05) is 11.9 Å². The first-order valence-corrected chi connectivity index (χ1v) is 7.76. The highest BCUT2D eigenvalue weighted by molar-refractivity contribution is 5.95. The van der Waals surface area contributed by atoms with Gasteiger partial charge in [-0.15, -0.1) is 0 Å². The van der Waals surface area contributed by atoms with E-state index < -0.39 is 0 Å². The van der Waals surface area contributed by atoms with Gasteiger partial charge in [-0.25, -0.2) is 0 Å². The number of nitrogens with one attached hydrogen (secondary N) is 1. The average molecular weight is 270 g/mol. The lowest BCUT2D eigenvalue weighted by atomic mass is 9.96. The van der Waals surface area contributed by atoms with E-state index in [4.69, 9.17) is 4.98 Å². The second-order valence-electron chi connectivity index (χ2n) is 5.74. The molecule has 1 heterocycles. The van der Waals surface area contributed by atoms with E-state index in [9.17, 15) is 0 Å². The predicted octanol–water partition coefficient (Wildman–Crippen LogP) is 5.05. The van der Waals surface area contributed by atoms with Gasteiger partial charge in [0.2, 0.25) is 0 Å². The Balaban J connectivity index is 2.73. The minimum absolute atomic E-state index is 0.498. The van der Waals surface area contributed by atoms with Crippen molar-refractivity contribution in [1.29, 1.82) is 0 Å². The van der Waals surface area contributed by atoms with Crippen molar-refractivity contribution in [2.45, 2.75) is 53.4 Å². The van der Waals surface area contributed by atoms with Crippen LogP contribution in [-0.2, 0) is 6.42 Å². The standard InChI is InChI=1S/C18H26N2/c1-6-11-19-17-13(5)16(7-2)20-18-14(12(3)4)9-8-10-15(17)18/h8-10,12H,6-7,11H2,1-5H3,(H,19,20). The Morgan fingerprint density at radius 2 is 1.95 bits per heavy atom. The maximum absolute atomic E-state index is 4.94. The van der Waals surface area contributed by atoms with E-state index in [1.807, 2.05) is 0 Å². The minimum Gasteiger partial charge on any atom is -0.384 e. The van der Waals surface area contributed by atoms with Gasteiger partial charge in [-0.2, -0.15) is 0 Å². The van der Waals surface area contributed by atoms with Gasteiger partial charge < -0.3 is 5.32 Å². The van der Waals surface area contributed by atoms with Crippen molar-refractivity contribution in [3.05, 3.63) is 35.0 Å². The summed E-state index contributed by atoms with van der Waals surface area (Å²) in [7, 11) is 0. The van der Waals surface area contributed by atoms with Gasteiger partial charge in [0.1, 0.15) is 0 Å². The van der Waals surface area contributed by atoms with Gasteiger partial charge in [0.25, 0.3) is 0 Å². The molecular formula is C18H26N2. The van der Waals surface area contributed by atoms with Crippen LogP contribution in [0.1, 0.15) is 56.9 Å². The first kappa shape index (κ1) is 14.8. The molecule has 0 spiro atoms. The van der Waals surface area contributed by atoms with E-state index in [-0.39, 0.29) is 0 Å². The highest BCUT2D eigenvalue weighted by Crippen LogP contribution is 2.32. The summed E-state index contributed by atoms with van der Waals surface area (Å²) in [5.74, 6) is 0.498. The van der Waals surface area contributed by atoms with Crippen LogP contribution in [0.15, 0.2) is 18.2 Å². The molecule has 0 bridgehead atoms. The van der Waals surface area contributed by atoms with Crippen molar-refractivity contribution < 1.29 is 0 Å². The van der Waals surface area contributed by atoms with Gasteiger partial charge in [0, 0.05) is 23.3 Å². The third kappa shape index (κ3) is 2.65. The smallest absolute Gasteiger partial charge is 0.0760 e. The third-order valence-electron chi connectivity index (χ3n) is 3.90. The first-order chi connectivity index (χ1) is 9.60. The van der Waals surface area contributed by atoms with Crippen molar-refractivity contribution >= 4 is 16.6 Å². The van der Waals surface area contributed by atoms with E-state index in [1.54, 1.807) is 0 Å². The fourth-order valence-electron chi connectivity index (χ4n) is 2.74. The molecule has 20 heavy (non-hydrogen) atoms. The lowest BCUT2D eigenvalue weighted by Crippen LogP contribution is -2.07. The van der Waals surface area contributed by atoms with E-state index in [1.165, 1.54) is 33.4 Å². The Morgan fingerprint density at radius 1 is 1.20 bits per heavy atom. The molecule has 0 aliphatic heterocycles. The molecule has 1 N–H and O–H groups in total. The summed E-state index contributed by atoms with van der Waals surface area (Å²) >= 11 is 0. The van der Waals surface area contributed by atoms with Crippen molar-refractivity contribution in [3.8, 4) is 0 Å². The van der Waals surface area contributed by atoms with Crippen LogP contribution in [0, 0.1) is 6.92 Å². The van der Waals surface area contributed by atoms with E-state index in [2.05, 4.69) is 58.1 Å². The van der Waals surface area contributed by atoms with Gasteiger partial charge in [-0.05, 0) is 36.8 Å². The molecule has 0 amide bonds. The molecule has 1 aromatic heterocycles. The van der Waals surface area contributed by atoms with Gasteiger partial charge in [0.05, 0.1) is 5.52 Å². The summed E-state index contributed by atoms with van der Waals surface area (Å²) in [6.07, 6.45) is 2.11. The van der Waals surface area contributed by atoms with E-state index >= 15 is 0 Å². The van der Waals surface area contributed by atoms with Crippen LogP contribution in [-0.4, -0.2) is 11.5 Å². The second-order valence-corrected chi connectivity index (χ2v) is 5.74. The number of para-hydroxylation sites is 1. The van der Waals surface area contributed by atoms with Gasteiger partial charge in [-0.1, -0.05) is 45.9 Å². The van der Waals surface area contributed by atoms with Gasteiger partial charge in [0.15, 0.2) is 0 Å². The van der Waals surface area contributed by atoms with Crippen LogP contribution in [0.25, 0.3) is 10.9 Å². The number of benzene rings is 1. The third-order valence-corrected chi connectivity index (χ3v) is 3.90. The first-order valence-electron chi connectivity index (χ1n) is 7.76. The normalized spacial score (nSPS) is 11.3. The highest BCUT2D eigenvalue weighted by atomic mass is 14.9. The number of aryl methyl sites for hydroxylation is 1. The van der Waals surface area contributed by atoms with Crippen LogP contribution < -0.4 is 5.32 Å². The lowest BCUT2D eigenvalue weighted by molar-refractivity contribution is 0.870. The summed E-state index contributed by atoms with van der Waals surface area (Å²) in [4.78, 5) is 4.94. The van der Waals surface area contributed by atoms with Gasteiger partial charge >= 0.3 is 0 Å². The minimum atomic E-state index is 0.498. The van der Waals surface area contributed by atoms with Gasteiger partial charge in [-0.3, -0.25) is 4.98 Å². The largest absolute Gasteiger partial charge is 0.384 e. The quantitative estimate of drug-likeness (QED) is 0.822. The molecule has 1 aromatic carbocycles. The maximum atomic E-state index is 4.94. The van der Waals surface area contributed by atoms with Crippen LogP contribution in [0.4, 0.5) is 5.69 Å². The molecule has 2 aromatic rings. The molecule has 2 nitrogen and oxygen atoms in total. The number of hydrogen-bond donors (Lipinski definition) is 1. The molecule has 2 heteroatoms. The Morgan fingerprint density at radius 3 is 2.55 bits per heavy atom. The molecule has 0 radical (unpaired) electrons. The number of anilines is 1. The summed E-state index contributed by atoms with van der Waals surface area (Å²) in [6.45, 7) is 12.1. The summed E-state index contributed by atoms with van der Waals surface area (Å²) in [6, 6.07) is 6.55. The highest BCUT2D eigenvalue weighted by Gasteiger charge is 2.14. The Bertz CT molecular complexity index is 600. The van der Waals surface area contributed by atoms with Crippen LogP contribution in [0.5, 0.6) is 0 Å². The number of fused-ring (bicyclic) bond motifs is 1. The van der Waals surface area contributed by atoms with E-state index in [0.717, 1.165) is 19.4 Å². The summed E-state index contributed by atoms with van der Waals surface area (Å²) in [5.41, 5.74) is 6.30. The zero-order chi connectivity index (χ0) is 14.7. The van der Waals surface area contributed by atoms with E-state index in [0.29, 0.717) is 5.92 Å². The number of rotatable bonds is 5. The number of pyridine rings is 1. The SMILES string of the molecule is CCCNc1c(C)c(CC)nc2c(C(C)C)cccc12. The topological polar surface area (TPSA) is 24.9 Å². The predicted molar refractivity (Wildman–Crippen MR) is 88.7 cm³/mol. The molecule has 0 saturated carbocycles. The summed E-state index contributed by atoms with van der Waals surface area (Å²) in [5, 5.41) is 4.87. The Kier molecular flexibility index (Phi) is 4.64. The number of hydrogen-bond acceptors (Lipinski definition) is 2. The van der Waals surface area contributed by atoms with Crippen LogP contribution in [0.3, 0.4) is 0 Å². The zero-order valence-corrected chi connectivity index (χ0v) is 13.4.